The fourth-order valence-corrected chi connectivity index (χ4v) is 5.18. The Labute approximate surface area is 217 Å². The summed E-state index contributed by atoms with van der Waals surface area (Å²) in [6.45, 7) is 6.48. The number of aliphatic hydroxyl groups excluding tert-OH is 1. The number of nitrogens with zero attached hydrogens (tertiary/aromatic N) is 1. The quantitative estimate of drug-likeness (QED) is 0.244. The molecule has 0 aliphatic carbocycles. The average molecular weight is 564 g/mol. The zero-order valence-electron chi connectivity index (χ0n) is 20.2. The molecule has 1 amide bonds. The van der Waals surface area contributed by atoms with Crippen molar-refractivity contribution in [2.45, 2.75) is 50.6 Å². The van der Waals surface area contributed by atoms with Crippen LogP contribution in [-0.2, 0) is 28.2 Å². The first-order valence-corrected chi connectivity index (χ1v) is 13.0. The Balaban J connectivity index is 1.83. The topological polar surface area (TPSA) is 156 Å². The van der Waals surface area contributed by atoms with Crippen molar-refractivity contribution in [2.75, 3.05) is 13.2 Å². The van der Waals surface area contributed by atoms with E-state index in [9.17, 15) is 24.4 Å². The Morgan fingerprint density at radius 3 is 2.68 bits per heavy atom. The number of alkyl halides is 1. The minimum Gasteiger partial charge on any atom is -0.465 e. The van der Waals surface area contributed by atoms with Gasteiger partial charge in [-0.2, -0.15) is 5.09 Å². The van der Waals surface area contributed by atoms with Gasteiger partial charge in [0.15, 0.2) is 6.23 Å². The van der Waals surface area contributed by atoms with Gasteiger partial charge < -0.3 is 34.4 Å². The first-order chi connectivity index (χ1) is 17.2. The number of carbonyl (C=O) groups excluding carboxylic acids is 2. The van der Waals surface area contributed by atoms with Gasteiger partial charge in [-0.15, -0.1) is 0 Å². The molecule has 3 rings (SSSR count). The lowest BCUT2D eigenvalue weighted by Gasteiger charge is -2.36. The number of carbonyl (C=O) groups is 2. The van der Waals surface area contributed by atoms with E-state index in [0.29, 0.717) is 5.02 Å². The molecule has 2 aliphatic heterocycles. The fraction of sp³-hybridized carbons (Fsp3) is 0.455. The number of halogens is 2. The third kappa shape index (κ3) is 6.50. The first kappa shape index (κ1) is 29.1. The van der Waals surface area contributed by atoms with Crippen LogP contribution in [0.3, 0.4) is 0 Å². The molecular formula is C22H28ClFN3O9P. The van der Waals surface area contributed by atoms with Crippen molar-refractivity contribution < 1.29 is 47.3 Å². The number of hydrogen-bond donors (Lipinski definition) is 4. The Morgan fingerprint density at radius 2 is 2.08 bits per heavy atom. The van der Waals surface area contributed by atoms with Crippen LogP contribution in [-0.4, -0.2) is 70.0 Å². The summed E-state index contributed by atoms with van der Waals surface area (Å²) in [6.07, 6.45) is -1.50. The Bertz CT molecular complexity index is 1120. The van der Waals surface area contributed by atoms with Gasteiger partial charge in [-0.05, 0) is 45.0 Å². The lowest BCUT2D eigenvalue weighted by molar-refractivity contribution is -0.206. The number of amides is 1. The summed E-state index contributed by atoms with van der Waals surface area (Å²) in [5.41, 5.74) is -2.25. The van der Waals surface area contributed by atoms with Crippen molar-refractivity contribution in [3.63, 3.8) is 0 Å². The lowest BCUT2D eigenvalue weighted by Crippen LogP contribution is -2.54. The van der Waals surface area contributed by atoms with Crippen molar-refractivity contribution in [1.82, 2.24) is 15.3 Å². The van der Waals surface area contributed by atoms with E-state index in [1.807, 2.05) is 0 Å². The van der Waals surface area contributed by atoms with Gasteiger partial charge in [0, 0.05) is 17.3 Å². The van der Waals surface area contributed by atoms with E-state index in [1.165, 1.54) is 37.4 Å². The minimum absolute atomic E-state index is 0.00690. The maximum Gasteiger partial charge on any atom is 0.459 e. The predicted molar refractivity (Wildman–Crippen MR) is 128 cm³/mol. The second-order valence-electron chi connectivity index (χ2n) is 8.46. The van der Waals surface area contributed by atoms with Gasteiger partial charge in [-0.25, -0.2) is 8.96 Å². The molecule has 0 radical (unpaired) electrons. The molecule has 0 spiro atoms. The standard InChI is InChI=1S/C22H28ClFN3O9P/c1-5-33-18(29)13(2)26-37(32,36-16-8-6-15(23)7-9-16)34-12-22(24)19(30)21(4,31)20(35-22)27-11-10-17(28)25-14(27)3/h6-11,13,19-20,30-31H,3,5,12H2,1-2,4H3,(H,25,28)(H,26,32)/t13?,19-,20+,21+,22+,37?/m0/s1. The monoisotopic (exact) mass is 563 g/mol. The highest BCUT2D eigenvalue weighted by Crippen LogP contribution is 2.49. The summed E-state index contributed by atoms with van der Waals surface area (Å²) in [6, 6.07) is 4.41. The molecule has 1 aromatic rings. The normalized spacial score (nSPS) is 30.0. The molecule has 12 nitrogen and oxygen atoms in total. The van der Waals surface area contributed by atoms with Crippen LogP contribution in [0.4, 0.5) is 4.39 Å². The SMILES string of the molecule is C=C1NC(=O)C=CN1[C@@H]1O[C@](F)(COP(=O)(NC(C)C(=O)OCC)Oc2ccc(Cl)cc2)[C@@H](O)[C@@]1(C)O. The molecule has 2 aliphatic rings. The molecule has 37 heavy (non-hydrogen) atoms. The number of rotatable bonds is 10. The number of benzene rings is 1. The summed E-state index contributed by atoms with van der Waals surface area (Å²) < 4.78 is 50.4. The second-order valence-corrected chi connectivity index (χ2v) is 10.6. The maximum absolute atomic E-state index is 15.9. The number of aliphatic hydroxyl groups is 2. The van der Waals surface area contributed by atoms with Gasteiger partial charge in [0.25, 0.3) is 11.8 Å². The van der Waals surface area contributed by atoms with E-state index in [-0.39, 0.29) is 18.2 Å². The summed E-state index contributed by atoms with van der Waals surface area (Å²) in [5, 5.41) is 26.6. The predicted octanol–water partition coefficient (Wildman–Crippen LogP) is 1.94. The van der Waals surface area contributed by atoms with Crippen LogP contribution in [0.2, 0.25) is 5.02 Å². The van der Waals surface area contributed by atoms with Crippen LogP contribution in [0.1, 0.15) is 20.8 Å². The van der Waals surface area contributed by atoms with Gasteiger partial charge in [0.05, 0.1) is 6.61 Å². The highest BCUT2D eigenvalue weighted by molar-refractivity contribution is 7.52. The molecule has 0 aromatic heterocycles. The Morgan fingerprint density at radius 1 is 1.43 bits per heavy atom. The molecule has 4 N–H and O–H groups in total. The minimum atomic E-state index is -4.53. The van der Waals surface area contributed by atoms with Gasteiger partial charge in [0.1, 0.15) is 35.9 Å². The molecule has 204 valence electrons. The van der Waals surface area contributed by atoms with Gasteiger partial charge >= 0.3 is 13.7 Å². The summed E-state index contributed by atoms with van der Waals surface area (Å²) in [7, 11) is -4.53. The van der Waals surface area contributed by atoms with E-state index in [2.05, 4.69) is 17.0 Å². The highest BCUT2D eigenvalue weighted by atomic mass is 35.5. The summed E-state index contributed by atoms with van der Waals surface area (Å²) >= 11 is 5.86. The largest absolute Gasteiger partial charge is 0.465 e. The molecule has 15 heteroatoms. The van der Waals surface area contributed by atoms with E-state index in [0.717, 1.165) is 17.9 Å². The third-order valence-electron chi connectivity index (χ3n) is 5.45. The smallest absolute Gasteiger partial charge is 0.459 e. The van der Waals surface area contributed by atoms with Crippen molar-refractivity contribution in [3.8, 4) is 5.75 Å². The molecular weight excluding hydrogens is 536 g/mol. The van der Waals surface area contributed by atoms with Crippen LogP contribution in [0.15, 0.2) is 48.9 Å². The number of ether oxygens (including phenoxy) is 2. The molecule has 6 atom stereocenters. The number of nitrogens with one attached hydrogen (secondary N) is 2. The second kappa shape index (κ2) is 11.1. The molecule has 2 unspecified atom stereocenters. The molecule has 0 bridgehead atoms. The summed E-state index contributed by atoms with van der Waals surface area (Å²) in [5.74, 6) is -4.43. The Hall–Kier alpha value is -2.51. The molecule has 1 fully saturated rings. The van der Waals surface area contributed by atoms with Crippen LogP contribution >= 0.6 is 19.3 Å². The zero-order valence-corrected chi connectivity index (χ0v) is 21.9. The number of esters is 1. The lowest BCUT2D eigenvalue weighted by atomic mass is 9.95. The van der Waals surface area contributed by atoms with Crippen LogP contribution in [0, 0.1) is 0 Å². The number of hydrogen-bond acceptors (Lipinski definition) is 10. The molecule has 0 saturated carbocycles. The fourth-order valence-electron chi connectivity index (χ4n) is 3.55. The van der Waals surface area contributed by atoms with Gasteiger partial charge in [-0.1, -0.05) is 18.2 Å². The van der Waals surface area contributed by atoms with Crippen molar-refractivity contribution in [2.24, 2.45) is 0 Å². The zero-order chi connectivity index (χ0) is 27.6. The maximum atomic E-state index is 15.9. The molecule has 2 heterocycles. The Kier molecular flexibility index (Phi) is 8.70. The van der Waals surface area contributed by atoms with Crippen molar-refractivity contribution in [1.29, 1.82) is 0 Å². The van der Waals surface area contributed by atoms with Gasteiger partial charge in [-0.3, -0.25) is 14.1 Å². The van der Waals surface area contributed by atoms with Crippen LogP contribution in [0.25, 0.3) is 0 Å². The van der Waals surface area contributed by atoms with Crippen LogP contribution < -0.4 is 14.9 Å². The van der Waals surface area contributed by atoms with Gasteiger partial charge in [0.2, 0.25) is 0 Å². The molecule has 1 aromatic carbocycles. The van der Waals surface area contributed by atoms with E-state index < -0.39 is 56.1 Å². The first-order valence-electron chi connectivity index (χ1n) is 11.1. The molecule has 1 saturated heterocycles. The van der Waals surface area contributed by atoms with Crippen molar-refractivity contribution in [3.05, 3.63) is 54.0 Å². The van der Waals surface area contributed by atoms with E-state index >= 15 is 4.39 Å². The van der Waals surface area contributed by atoms with E-state index in [1.54, 1.807) is 6.92 Å². The van der Waals surface area contributed by atoms with Crippen LogP contribution in [0.5, 0.6) is 5.75 Å². The third-order valence-corrected chi connectivity index (χ3v) is 7.33. The van der Waals surface area contributed by atoms with E-state index in [4.69, 9.17) is 30.1 Å². The summed E-state index contributed by atoms with van der Waals surface area (Å²) in [4.78, 5) is 24.7. The van der Waals surface area contributed by atoms with Crippen molar-refractivity contribution >= 4 is 31.2 Å². The highest BCUT2D eigenvalue weighted by Gasteiger charge is 2.64. The average Bonchev–Trinajstić information content (AvgIpc) is 3.00.